The normalized spacial score (nSPS) is 21.8. The van der Waals surface area contributed by atoms with Crippen LogP contribution in [0.5, 0.6) is 0 Å². The lowest BCUT2D eigenvalue weighted by Gasteiger charge is -2.40. The highest BCUT2D eigenvalue weighted by Crippen LogP contribution is 2.27. The molecule has 5 nitrogen and oxygen atoms in total. The van der Waals surface area contributed by atoms with Crippen LogP contribution in [0.1, 0.15) is 30.9 Å². The van der Waals surface area contributed by atoms with Crippen LogP contribution in [0, 0.1) is 6.92 Å². The number of rotatable bonds is 5. The Balaban J connectivity index is 1.69. The third-order valence-electron chi connectivity index (χ3n) is 5.38. The number of likely N-dealkylation sites (tertiary alicyclic amines) is 1. The molecule has 0 aliphatic carbocycles. The van der Waals surface area contributed by atoms with Gasteiger partial charge < -0.3 is 0 Å². The Hall–Kier alpha value is -1.76. The highest BCUT2D eigenvalue weighted by Gasteiger charge is 2.34. The van der Waals surface area contributed by atoms with E-state index in [9.17, 15) is 8.42 Å². The minimum absolute atomic E-state index is 0.0154. The predicted octanol–water partition coefficient (Wildman–Crippen LogP) is 3.06. The van der Waals surface area contributed by atoms with Crippen molar-refractivity contribution in [1.29, 1.82) is 0 Å². The van der Waals surface area contributed by atoms with Gasteiger partial charge in [0.05, 0.1) is 0 Å². The van der Waals surface area contributed by atoms with E-state index < -0.39 is 10.0 Å². The van der Waals surface area contributed by atoms with E-state index >= 15 is 0 Å². The van der Waals surface area contributed by atoms with Crippen LogP contribution in [0.2, 0.25) is 0 Å². The van der Waals surface area contributed by atoms with E-state index in [1.54, 1.807) is 23.6 Å². The van der Waals surface area contributed by atoms with Crippen LogP contribution in [-0.4, -0.2) is 48.3 Å². The van der Waals surface area contributed by atoms with Gasteiger partial charge in [0, 0.05) is 44.6 Å². The van der Waals surface area contributed by atoms with Crippen molar-refractivity contribution >= 4 is 10.0 Å². The molecule has 0 bridgehead atoms. The first-order valence-corrected chi connectivity index (χ1v) is 10.5. The molecule has 3 rings (SSSR count). The average molecular weight is 374 g/mol. The number of piperidine rings is 1. The summed E-state index contributed by atoms with van der Waals surface area (Å²) in [7, 11) is -1.82. The van der Waals surface area contributed by atoms with Crippen molar-refractivity contribution in [2.24, 2.45) is 0 Å². The van der Waals surface area contributed by atoms with Crippen LogP contribution < -0.4 is 0 Å². The molecule has 1 aliphatic rings. The second kappa shape index (κ2) is 7.86. The van der Waals surface area contributed by atoms with Crippen molar-refractivity contribution in [3.05, 3.63) is 59.9 Å². The summed E-state index contributed by atoms with van der Waals surface area (Å²) in [5.41, 5.74) is 2.03. The van der Waals surface area contributed by atoms with Crippen molar-refractivity contribution in [2.75, 3.05) is 13.6 Å². The number of benzene rings is 1. The van der Waals surface area contributed by atoms with E-state index in [1.165, 1.54) is 11.8 Å². The second-order valence-corrected chi connectivity index (χ2v) is 9.11. The predicted molar refractivity (Wildman–Crippen MR) is 103 cm³/mol. The SMILES string of the molecule is Cc1ccncc1S(=O)(=O)N(C)C1CCN(Cc2ccccc2)C(C)C1. The highest BCUT2D eigenvalue weighted by molar-refractivity contribution is 7.89. The van der Waals surface area contributed by atoms with E-state index in [-0.39, 0.29) is 6.04 Å². The van der Waals surface area contributed by atoms with Crippen LogP contribution in [-0.2, 0) is 16.6 Å². The number of sulfonamides is 1. The maximum Gasteiger partial charge on any atom is 0.244 e. The van der Waals surface area contributed by atoms with Crippen molar-refractivity contribution in [3.63, 3.8) is 0 Å². The second-order valence-electron chi connectivity index (χ2n) is 7.15. The van der Waals surface area contributed by atoms with Gasteiger partial charge in [-0.2, -0.15) is 4.31 Å². The number of nitrogens with zero attached hydrogens (tertiary/aromatic N) is 3. The molecule has 0 spiro atoms. The maximum atomic E-state index is 13.0. The summed E-state index contributed by atoms with van der Waals surface area (Å²) in [4.78, 5) is 6.74. The Labute approximate surface area is 156 Å². The molecular formula is C20H27N3O2S. The third-order valence-corrected chi connectivity index (χ3v) is 7.42. The summed E-state index contributed by atoms with van der Waals surface area (Å²) in [6.45, 7) is 5.80. The zero-order valence-corrected chi connectivity index (χ0v) is 16.5. The zero-order chi connectivity index (χ0) is 18.7. The fourth-order valence-electron chi connectivity index (χ4n) is 3.65. The number of hydrogen-bond donors (Lipinski definition) is 0. The molecule has 2 unspecified atom stereocenters. The lowest BCUT2D eigenvalue weighted by molar-refractivity contribution is 0.109. The average Bonchev–Trinajstić information content (AvgIpc) is 2.64. The number of hydrogen-bond acceptors (Lipinski definition) is 4. The van der Waals surface area contributed by atoms with Gasteiger partial charge in [-0.05, 0) is 43.9 Å². The Kier molecular flexibility index (Phi) is 5.75. The topological polar surface area (TPSA) is 53.5 Å². The van der Waals surface area contributed by atoms with Gasteiger partial charge in [0.2, 0.25) is 10.0 Å². The minimum Gasteiger partial charge on any atom is -0.296 e. The highest BCUT2D eigenvalue weighted by atomic mass is 32.2. The number of aromatic nitrogens is 1. The lowest BCUT2D eigenvalue weighted by Crippen LogP contribution is -2.49. The lowest BCUT2D eigenvalue weighted by atomic mass is 9.98. The van der Waals surface area contributed by atoms with Crippen molar-refractivity contribution in [3.8, 4) is 0 Å². The summed E-state index contributed by atoms with van der Waals surface area (Å²) in [6, 6.07) is 12.5. The molecule has 6 heteroatoms. The molecule has 0 saturated carbocycles. The monoisotopic (exact) mass is 373 g/mol. The summed E-state index contributed by atoms with van der Waals surface area (Å²) in [5, 5.41) is 0. The number of aryl methyl sites for hydroxylation is 1. The molecule has 2 atom stereocenters. The van der Waals surface area contributed by atoms with Crippen molar-refractivity contribution in [2.45, 2.75) is 50.2 Å². The molecule has 1 fully saturated rings. The van der Waals surface area contributed by atoms with Gasteiger partial charge in [-0.3, -0.25) is 9.88 Å². The van der Waals surface area contributed by atoms with Gasteiger partial charge in [-0.1, -0.05) is 30.3 Å². The van der Waals surface area contributed by atoms with Gasteiger partial charge >= 0.3 is 0 Å². The van der Waals surface area contributed by atoms with Crippen molar-refractivity contribution in [1.82, 2.24) is 14.2 Å². The molecule has 1 saturated heterocycles. The van der Waals surface area contributed by atoms with Crippen molar-refractivity contribution < 1.29 is 8.42 Å². The molecule has 140 valence electrons. The smallest absolute Gasteiger partial charge is 0.244 e. The number of pyridine rings is 1. The quantitative estimate of drug-likeness (QED) is 0.808. The fraction of sp³-hybridized carbons (Fsp3) is 0.450. The first-order valence-electron chi connectivity index (χ1n) is 9.06. The summed E-state index contributed by atoms with van der Waals surface area (Å²) < 4.78 is 27.6. The van der Waals surface area contributed by atoms with E-state index in [0.717, 1.165) is 31.5 Å². The van der Waals surface area contributed by atoms with E-state index in [2.05, 4.69) is 41.1 Å². The van der Waals surface area contributed by atoms with Crippen LogP contribution in [0.15, 0.2) is 53.7 Å². The van der Waals surface area contributed by atoms with Crippen LogP contribution in [0.3, 0.4) is 0 Å². The molecule has 1 aromatic heterocycles. The zero-order valence-electron chi connectivity index (χ0n) is 15.7. The van der Waals surface area contributed by atoms with Crippen LogP contribution in [0.25, 0.3) is 0 Å². The van der Waals surface area contributed by atoms with Gasteiger partial charge in [0.1, 0.15) is 4.90 Å². The fourth-order valence-corrected chi connectivity index (χ4v) is 5.21. The molecule has 0 radical (unpaired) electrons. The van der Waals surface area contributed by atoms with Crippen LogP contribution in [0.4, 0.5) is 0 Å². The van der Waals surface area contributed by atoms with E-state index in [4.69, 9.17) is 0 Å². The maximum absolute atomic E-state index is 13.0. The Bertz CT molecular complexity index is 839. The molecule has 2 aromatic rings. The van der Waals surface area contributed by atoms with Gasteiger partial charge in [0.15, 0.2) is 0 Å². The molecule has 1 aliphatic heterocycles. The van der Waals surface area contributed by atoms with E-state index in [1.807, 2.05) is 13.0 Å². The van der Waals surface area contributed by atoms with Gasteiger partial charge in [-0.15, -0.1) is 0 Å². The van der Waals surface area contributed by atoms with Gasteiger partial charge in [0.25, 0.3) is 0 Å². The standard InChI is InChI=1S/C20H27N3O2S/c1-16-9-11-21-14-20(16)26(24,25)22(3)19-10-12-23(17(2)13-19)15-18-7-5-4-6-8-18/h4-9,11,14,17,19H,10,12-13,15H2,1-3H3. The van der Waals surface area contributed by atoms with Crippen LogP contribution >= 0.6 is 0 Å². The Morgan fingerprint density at radius 1 is 1.23 bits per heavy atom. The summed E-state index contributed by atoms with van der Waals surface area (Å²) in [6.07, 6.45) is 4.75. The largest absolute Gasteiger partial charge is 0.296 e. The molecule has 2 heterocycles. The third kappa shape index (κ3) is 3.98. The molecule has 1 aromatic carbocycles. The first-order chi connectivity index (χ1) is 12.4. The summed E-state index contributed by atoms with van der Waals surface area (Å²) >= 11 is 0. The summed E-state index contributed by atoms with van der Waals surface area (Å²) in [5.74, 6) is 0. The Morgan fingerprint density at radius 3 is 2.62 bits per heavy atom. The molecule has 0 amide bonds. The van der Waals surface area contributed by atoms with Gasteiger partial charge in [-0.25, -0.2) is 8.42 Å². The molecule has 26 heavy (non-hydrogen) atoms. The molecular weight excluding hydrogens is 346 g/mol. The van der Waals surface area contributed by atoms with E-state index in [0.29, 0.717) is 10.9 Å². The first kappa shape index (κ1) is 19.0. The molecule has 0 N–H and O–H groups in total. The Morgan fingerprint density at radius 2 is 1.96 bits per heavy atom. The minimum atomic E-state index is -3.52.